The third kappa shape index (κ3) is 4.61. The molecule has 7 heteroatoms. The fraction of sp³-hybridized carbons (Fsp3) is 0.125. The van der Waals surface area contributed by atoms with Crippen molar-refractivity contribution in [2.75, 3.05) is 12.4 Å². The molecule has 0 fully saturated rings. The third-order valence-corrected chi connectivity index (χ3v) is 4.81. The molecule has 31 heavy (non-hydrogen) atoms. The molecule has 0 aliphatic rings. The lowest BCUT2D eigenvalue weighted by Gasteiger charge is -2.08. The molecule has 4 rings (SSSR count). The number of nitrogens with one attached hydrogen (secondary N) is 1. The zero-order valence-corrected chi connectivity index (χ0v) is 17.2. The van der Waals surface area contributed by atoms with Gasteiger partial charge in [0.15, 0.2) is 5.82 Å². The minimum Gasteiger partial charge on any atom is -0.497 e. The Balaban J connectivity index is 1.66. The zero-order chi connectivity index (χ0) is 21.8. The monoisotopic (exact) mass is 416 g/mol. The Hall–Kier alpha value is -4.00. The van der Waals surface area contributed by atoms with Crippen molar-refractivity contribution in [3.8, 4) is 17.1 Å². The van der Waals surface area contributed by atoms with Gasteiger partial charge in [0.1, 0.15) is 11.6 Å². The van der Waals surface area contributed by atoms with Crippen LogP contribution in [0.15, 0.2) is 72.8 Å². The average Bonchev–Trinajstić information content (AvgIpc) is 3.23. The van der Waals surface area contributed by atoms with Gasteiger partial charge in [-0.05, 0) is 48.9 Å². The minimum atomic E-state index is -0.409. The van der Waals surface area contributed by atoms with Gasteiger partial charge >= 0.3 is 0 Å². The van der Waals surface area contributed by atoms with Crippen molar-refractivity contribution in [2.45, 2.75) is 13.5 Å². The highest BCUT2D eigenvalue weighted by molar-refractivity contribution is 5.97. The van der Waals surface area contributed by atoms with Gasteiger partial charge < -0.3 is 10.1 Å². The third-order valence-electron chi connectivity index (χ3n) is 4.81. The van der Waals surface area contributed by atoms with E-state index in [9.17, 15) is 9.18 Å². The van der Waals surface area contributed by atoms with Crippen molar-refractivity contribution in [1.29, 1.82) is 0 Å². The van der Waals surface area contributed by atoms with Crippen LogP contribution in [0.5, 0.6) is 5.75 Å². The summed E-state index contributed by atoms with van der Waals surface area (Å²) in [5, 5.41) is 7.61. The Morgan fingerprint density at radius 3 is 2.32 bits per heavy atom. The van der Waals surface area contributed by atoms with E-state index in [-0.39, 0.29) is 0 Å². The largest absolute Gasteiger partial charge is 0.497 e. The summed E-state index contributed by atoms with van der Waals surface area (Å²) in [6, 6.07) is 20.7. The molecule has 0 spiro atoms. The summed E-state index contributed by atoms with van der Waals surface area (Å²) in [6.07, 6.45) is 0. The van der Waals surface area contributed by atoms with Crippen LogP contribution in [0.1, 0.15) is 21.5 Å². The topological polar surface area (TPSA) is 69.0 Å². The molecule has 0 saturated carbocycles. The second kappa shape index (κ2) is 8.79. The molecule has 3 aromatic carbocycles. The maximum Gasteiger partial charge on any atom is 0.281 e. The molecule has 0 aliphatic carbocycles. The molecule has 0 unspecified atom stereocenters. The number of anilines is 1. The van der Waals surface area contributed by atoms with Gasteiger partial charge in [-0.3, -0.25) is 4.79 Å². The quantitative estimate of drug-likeness (QED) is 0.493. The van der Waals surface area contributed by atoms with Crippen molar-refractivity contribution in [2.24, 2.45) is 0 Å². The smallest absolute Gasteiger partial charge is 0.281 e. The summed E-state index contributed by atoms with van der Waals surface area (Å²) in [7, 11) is 1.61. The van der Waals surface area contributed by atoms with Crippen molar-refractivity contribution in [3.05, 3.63) is 95.3 Å². The number of benzene rings is 3. The van der Waals surface area contributed by atoms with Crippen LogP contribution in [0.3, 0.4) is 0 Å². The second-order valence-corrected chi connectivity index (χ2v) is 7.05. The van der Waals surface area contributed by atoms with Crippen LogP contribution in [-0.2, 0) is 6.54 Å². The molecular formula is C24H21FN4O2. The van der Waals surface area contributed by atoms with E-state index < -0.39 is 11.7 Å². The summed E-state index contributed by atoms with van der Waals surface area (Å²) >= 11 is 0. The Kier molecular flexibility index (Phi) is 5.75. The summed E-state index contributed by atoms with van der Waals surface area (Å²) in [5.41, 5.74) is 3.21. The lowest BCUT2D eigenvalue weighted by Crippen LogP contribution is -2.17. The van der Waals surface area contributed by atoms with Gasteiger partial charge in [0, 0.05) is 17.7 Å². The summed E-state index contributed by atoms with van der Waals surface area (Å²) in [4.78, 5) is 17.6. The first kappa shape index (κ1) is 20.3. The number of halogens is 1. The molecule has 0 atom stereocenters. The van der Waals surface area contributed by atoms with Gasteiger partial charge in [0.2, 0.25) is 5.95 Å². The Morgan fingerprint density at radius 1 is 1.00 bits per heavy atom. The number of carbonyl (C=O) groups excluding carboxylic acids is 1. The van der Waals surface area contributed by atoms with Crippen LogP contribution in [0.2, 0.25) is 0 Å². The van der Waals surface area contributed by atoms with Crippen LogP contribution >= 0.6 is 0 Å². The summed E-state index contributed by atoms with van der Waals surface area (Å²) in [6.45, 7) is 2.43. The predicted octanol–water partition coefficient (Wildman–Crippen LogP) is 4.70. The van der Waals surface area contributed by atoms with Crippen LogP contribution in [0.4, 0.5) is 10.3 Å². The standard InChI is InChI=1S/C24H21FN4O2/c1-16-3-7-18(8-4-16)22-27-24(26-15-17-5-13-21(31-2)14-6-17)29(28-22)23(30)19-9-11-20(25)12-10-19/h3-14H,15H2,1-2H3,(H,26,27,28). The van der Waals surface area contributed by atoms with E-state index in [0.717, 1.165) is 22.4 Å². The van der Waals surface area contributed by atoms with Crippen molar-refractivity contribution in [1.82, 2.24) is 14.8 Å². The highest BCUT2D eigenvalue weighted by Gasteiger charge is 2.19. The Bertz CT molecular complexity index is 1180. The van der Waals surface area contributed by atoms with Gasteiger partial charge in [0.25, 0.3) is 5.91 Å². The van der Waals surface area contributed by atoms with Crippen LogP contribution in [0.25, 0.3) is 11.4 Å². The molecule has 1 heterocycles. The molecule has 0 amide bonds. The first-order chi connectivity index (χ1) is 15.0. The number of carbonyl (C=O) groups is 1. The summed E-state index contributed by atoms with van der Waals surface area (Å²) in [5.74, 6) is 0.685. The van der Waals surface area contributed by atoms with E-state index >= 15 is 0 Å². The maximum atomic E-state index is 13.3. The highest BCUT2D eigenvalue weighted by atomic mass is 19.1. The molecule has 0 bridgehead atoms. The van der Waals surface area contributed by atoms with E-state index in [0.29, 0.717) is 23.9 Å². The molecular weight excluding hydrogens is 395 g/mol. The van der Waals surface area contributed by atoms with Crippen molar-refractivity contribution in [3.63, 3.8) is 0 Å². The predicted molar refractivity (Wildman–Crippen MR) is 117 cm³/mol. The van der Waals surface area contributed by atoms with Crippen LogP contribution in [-0.4, -0.2) is 27.8 Å². The highest BCUT2D eigenvalue weighted by Crippen LogP contribution is 2.21. The molecule has 0 aliphatic heterocycles. The second-order valence-electron chi connectivity index (χ2n) is 7.05. The molecule has 1 N–H and O–H groups in total. The number of aromatic nitrogens is 3. The van der Waals surface area contributed by atoms with Gasteiger partial charge in [0.05, 0.1) is 7.11 Å². The van der Waals surface area contributed by atoms with E-state index in [4.69, 9.17) is 4.74 Å². The fourth-order valence-corrected chi connectivity index (χ4v) is 3.03. The molecule has 0 saturated heterocycles. The molecule has 1 aromatic heterocycles. The average molecular weight is 416 g/mol. The van der Waals surface area contributed by atoms with Crippen molar-refractivity contribution >= 4 is 11.9 Å². The van der Waals surface area contributed by atoms with Gasteiger partial charge in [-0.25, -0.2) is 4.39 Å². The normalized spacial score (nSPS) is 10.7. The first-order valence-corrected chi connectivity index (χ1v) is 9.74. The number of hydrogen-bond acceptors (Lipinski definition) is 5. The molecule has 0 radical (unpaired) electrons. The fourth-order valence-electron chi connectivity index (χ4n) is 3.03. The van der Waals surface area contributed by atoms with E-state index in [1.54, 1.807) is 7.11 Å². The first-order valence-electron chi connectivity index (χ1n) is 9.74. The SMILES string of the molecule is COc1ccc(CNc2nc(-c3ccc(C)cc3)nn2C(=O)c2ccc(F)cc2)cc1. The van der Waals surface area contributed by atoms with Gasteiger partial charge in [-0.1, -0.05) is 42.0 Å². The number of ether oxygens (including phenoxy) is 1. The van der Waals surface area contributed by atoms with E-state index in [2.05, 4.69) is 15.4 Å². The van der Waals surface area contributed by atoms with Crippen LogP contribution < -0.4 is 10.1 Å². The number of nitrogens with zero attached hydrogens (tertiary/aromatic N) is 3. The van der Waals surface area contributed by atoms with E-state index in [1.165, 1.54) is 28.9 Å². The molecule has 156 valence electrons. The Labute approximate surface area is 179 Å². The van der Waals surface area contributed by atoms with Gasteiger partial charge in [-0.15, -0.1) is 5.10 Å². The van der Waals surface area contributed by atoms with Crippen molar-refractivity contribution < 1.29 is 13.9 Å². The Morgan fingerprint density at radius 2 is 1.68 bits per heavy atom. The number of rotatable bonds is 6. The maximum absolute atomic E-state index is 13.3. The number of hydrogen-bond donors (Lipinski definition) is 1. The lowest BCUT2D eigenvalue weighted by atomic mass is 10.1. The molecule has 4 aromatic rings. The number of aryl methyl sites for hydroxylation is 1. The van der Waals surface area contributed by atoms with Crippen LogP contribution in [0, 0.1) is 12.7 Å². The lowest BCUT2D eigenvalue weighted by molar-refractivity contribution is 0.0947. The minimum absolute atomic E-state index is 0.306. The number of methoxy groups -OCH3 is 1. The van der Waals surface area contributed by atoms with E-state index in [1.807, 2.05) is 55.5 Å². The summed E-state index contributed by atoms with van der Waals surface area (Å²) < 4.78 is 19.7. The zero-order valence-electron chi connectivity index (χ0n) is 17.2. The van der Waals surface area contributed by atoms with Gasteiger partial charge in [-0.2, -0.15) is 9.67 Å². The molecule has 6 nitrogen and oxygen atoms in total.